The van der Waals surface area contributed by atoms with E-state index in [1.807, 2.05) is 64.2 Å². The van der Waals surface area contributed by atoms with Crippen LogP contribution < -0.4 is 5.63 Å². The fourth-order valence-electron chi connectivity index (χ4n) is 5.84. The van der Waals surface area contributed by atoms with Gasteiger partial charge in [0.1, 0.15) is 0 Å². The van der Waals surface area contributed by atoms with Crippen molar-refractivity contribution in [1.29, 1.82) is 0 Å². The summed E-state index contributed by atoms with van der Waals surface area (Å²) in [5.41, 5.74) is -0.119. The van der Waals surface area contributed by atoms with Gasteiger partial charge in [0, 0.05) is 0 Å². The van der Waals surface area contributed by atoms with Crippen molar-refractivity contribution >= 4 is 0 Å². The van der Waals surface area contributed by atoms with Gasteiger partial charge in [-0.15, -0.1) is 0 Å². The first kappa shape index (κ1) is 31.4. The molecule has 4 rings (SSSR count). The molecular weight excluding hydrogens is 622 g/mol. The average molecular weight is 656 g/mol. The van der Waals surface area contributed by atoms with Crippen molar-refractivity contribution in [3.63, 3.8) is 0 Å². The summed E-state index contributed by atoms with van der Waals surface area (Å²) in [4.78, 5) is 0. The molecule has 0 spiro atoms. The Morgan fingerprint density at radius 1 is 0.610 bits per heavy atom. The zero-order valence-corrected chi connectivity index (χ0v) is 26.0. The number of rotatable bonds is 10. The van der Waals surface area contributed by atoms with Crippen LogP contribution in [0.15, 0.2) is 96.1 Å². The predicted molar refractivity (Wildman–Crippen MR) is 145 cm³/mol. The molecule has 2 nitrogen and oxygen atoms in total. The average Bonchev–Trinajstić information content (AvgIpc) is 3.58. The van der Waals surface area contributed by atoms with Gasteiger partial charge in [-0.05, 0) is 0 Å². The SMILES string of the molecule is CCC1=C[C](CC)([Zr]([O]c2ccccc2C(F)(F)F)([O]c2ccccc2C(F)(F)F)[C]2(CC)C=CC(CC)=C2)C=C1. The zero-order valence-electron chi connectivity index (χ0n) is 23.5. The summed E-state index contributed by atoms with van der Waals surface area (Å²) in [6.45, 7) is 7.68. The van der Waals surface area contributed by atoms with Gasteiger partial charge in [-0.2, -0.15) is 0 Å². The molecule has 2 atom stereocenters. The first-order valence-corrected chi connectivity index (χ1v) is 18.3. The van der Waals surface area contributed by atoms with E-state index in [0.29, 0.717) is 25.7 Å². The number of halogens is 6. The third-order valence-corrected chi connectivity index (χ3v) is 20.0. The summed E-state index contributed by atoms with van der Waals surface area (Å²) in [5.74, 6) is -0.862. The third kappa shape index (κ3) is 5.63. The maximum absolute atomic E-state index is 14.3. The molecule has 0 saturated carbocycles. The van der Waals surface area contributed by atoms with E-state index >= 15 is 0 Å². The van der Waals surface area contributed by atoms with E-state index in [4.69, 9.17) is 5.63 Å². The Morgan fingerprint density at radius 2 is 0.976 bits per heavy atom. The summed E-state index contributed by atoms with van der Waals surface area (Å²) in [5, 5.41) is 0. The van der Waals surface area contributed by atoms with Crippen LogP contribution in [0.1, 0.15) is 64.5 Å². The number of hydrogen-bond acceptors (Lipinski definition) is 2. The normalized spacial score (nSPS) is 22.6. The molecule has 0 heterocycles. The predicted octanol–water partition coefficient (Wildman–Crippen LogP) is 11.1. The van der Waals surface area contributed by atoms with Crippen LogP contribution >= 0.6 is 0 Å². The van der Waals surface area contributed by atoms with E-state index in [9.17, 15) is 26.3 Å². The molecule has 0 N–H and O–H groups in total. The first-order chi connectivity index (χ1) is 19.3. The van der Waals surface area contributed by atoms with E-state index < -0.39 is 62.4 Å². The Labute approximate surface area is 243 Å². The Balaban J connectivity index is 2.13. The van der Waals surface area contributed by atoms with Crippen molar-refractivity contribution in [2.24, 2.45) is 0 Å². The van der Waals surface area contributed by atoms with Gasteiger partial charge in [-0.25, -0.2) is 0 Å². The van der Waals surface area contributed by atoms with Gasteiger partial charge in [-0.1, -0.05) is 0 Å². The van der Waals surface area contributed by atoms with Crippen molar-refractivity contribution in [2.45, 2.75) is 72.0 Å². The molecule has 0 aromatic heterocycles. The minimum absolute atomic E-state index is 0.371. The van der Waals surface area contributed by atoms with Crippen LogP contribution in [0.4, 0.5) is 26.3 Å². The molecule has 9 heteroatoms. The van der Waals surface area contributed by atoms with Crippen LogP contribution in [0.3, 0.4) is 0 Å². The van der Waals surface area contributed by atoms with E-state index in [0.717, 1.165) is 23.3 Å². The van der Waals surface area contributed by atoms with Gasteiger partial charge < -0.3 is 0 Å². The van der Waals surface area contributed by atoms with E-state index in [-0.39, 0.29) is 0 Å². The van der Waals surface area contributed by atoms with Gasteiger partial charge in [0.25, 0.3) is 0 Å². The van der Waals surface area contributed by atoms with Crippen molar-refractivity contribution in [2.75, 3.05) is 0 Å². The van der Waals surface area contributed by atoms with E-state index in [1.54, 1.807) is 0 Å². The molecule has 0 fully saturated rings. The Morgan fingerprint density at radius 3 is 1.27 bits per heavy atom. The molecular formula is C32H34F6O2Zr. The topological polar surface area (TPSA) is 18.5 Å². The summed E-state index contributed by atoms with van der Waals surface area (Å²) in [6.07, 6.45) is 4.08. The quantitative estimate of drug-likeness (QED) is 0.237. The summed E-state index contributed by atoms with van der Waals surface area (Å²) >= 11 is -5.54. The number of alkyl halides is 6. The van der Waals surface area contributed by atoms with Crippen LogP contribution in [-0.4, -0.2) is 0 Å². The molecule has 2 aromatic carbocycles. The molecule has 220 valence electrons. The minimum atomic E-state index is -5.54. The first-order valence-electron chi connectivity index (χ1n) is 13.8. The van der Waals surface area contributed by atoms with Crippen LogP contribution in [0.5, 0.6) is 11.5 Å². The number of hydrogen-bond donors (Lipinski definition) is 0. The standard InChI is InChI=1S/2C9H13.2C7H5F3O.Zr/c2*1-3-8-5-6-9(4-2)7-8;2*8-7(9,10)5-3-1-2-4-6(5)11;/h2*5-7H,3-4H2,1-2H3;2*1-4,11H;/q;;;;+2/p-2. The van der Waals surface area contributed by atoms with Crippen molar-refractivity contribution in [1.82, 2.24) is 0 Å². The van der Waals surface area contributed by atoms with E-state index in [1.165, 1.54) is 36.4 Å². The molecule has 41 heavy (non-hydrogen) atoms. The second-order valence-electron chi connectivity index (χ2n) is 10.4. The Hall–Kier alpha value is -2.54. The molecule has 0 bridgehead atoms. The van der Waals surface area contributed by atoms with Crippen LogP contribution in [-0.2, 0) is 33.5 Å². The third-order valence-electron chi connectivity index (χ3n) is 8.18. The van der Waals surface area contributed by atoms with Gasteiger partial charge in [0.2, 0.25) is 0 Å². The van der Waals surface area contributed by atoms with Crippen LogP contribution in [0.2, 0.25) is 6.25 Å². The molecule has 2 unspecified atom stereocenters. The summed E-state index contributed by atoms with van der Waals surface area (Å²) < 4.78 is 97.4. The van der Waals surface area contributed by atoms with Crippen molar-refractivity contribution in [3.05, 3.63) is 107 Å². The molecule has 2 aliphatic rings. The van der Waals surface area contributed by atoms with Crippen molar-refractivity contribution < 1.29 is 53.1 Å². The van der Waals surface area contributed by atoms with Gasteiger partial charge in [-0.3, -0.25) is 0 Å². The monoisotopic (exact) mass is 654 g/mol. The molecule has 2 aromatic rings. The van der Waals surface area contributed by atoms with E-state index in [2.05, 4.69) is 0 Å². The fraction of sp³-hybridized carbons (Fsp3) is 0.375. The fourth-order valence-corrected chi connectivity index (χ4v) is 18.0. The second-order valence-corrected chi connectivity index (χ2v) is 19.0. The van der Waals surface area contributed by atoms with Crippen molar-refractivity contribution in [3.8, 4) is 11.5 Å². The Kier molecular flexibility index (Phi) is 8.90. The Bertz CT molecular complexity index is 1280. The van der Waals surface area contributed by atoms with Crippen LogP contribution in [0.25, 0.3) is 0 Å². The molecule has 0 aliphatic heterocycles. The maximum atomic E-state index is 14.3. The number of para-hydroxylation sites is 2. The van der Waals surface area contributed by atoms with Gasteiger partial charge in [0.05, 0.1) is 0 Å². The second kappa shape index (κ2) is 11.6. The number of benzene rings is 2. The molecule has 2 aliphatic carbocycles. The summed E-state index contributed by atoms with van der Waals surface area (Å²) in [7, 11) is 0. The molecule has 0 radical (unpaired) electrons. The van der Waals surface area contributed by atoms with Gasteiger partial charge in [0.15, 0.2) is 0 Å². The number of allylic oxidation sites excluding steroid dienone is 8. The summed E-state index contributed by atoms with van der Waals surface area (Å²) in [6, 6.07) is 9.78. The molecule has 0 saturated heterocycles. The zero-order chi connectivity index (χ0) is 30.1. The van der Waals surface area contributed by atoms with Gasteiger partial charge >= 0.3 is 244 Å². The van der Waals surface area contributed by atoms with Crippen LogP contribution in [0, 0.1) is 0 Å². The molecule has 0 amide bonds.